The standard InChI is InChI=1S/C24H21Cl2NO3S/c1-27-22-14-20(10-11-23(22)30-15-24(28)29)31-13-12-21(16-2-6-18(25)7-3-16)17-4-8-19(26)9-5-17/h2-12,14,27H,13,15H2,1H3,(H,28,29). The van der Waals surface area contributed by atoms with Gasteiger partial charge in [-0.2, -0.15) is 0 Å². The van der Waals surface area contributed by atoms with Crippen LogP contribution in [0.5, 0.6) is 5.75 Å². The van der Waals surface area contributed by atoms with E-state index in [-0.39, 0.29) is 6.61 Å². The van der Waals surface area contributed by atoms with Crippen LogP contribution in [0.2, 0.25) is 10.0 Å². The number of carbonyl (C=O) groups is 1. The molecule has 0 unspecified atom stereocenters. The van der Waals surface area contributed by atoms with E-state index in [9.17, 15) is 4.79 Å². The van der Waals surface area contributed by atoms with E-state index in [0.717, 1.165) is 33.0 Å². The predicted molar refractivity (Wildman–Crippen MR) is 130 cm³/mol. The first-order valence-corrected chi connectivity index (χ1v) is 11.2. The zero-order valence-electron chi connectivity index (χ0n) is 16.8. The maximum atomic E-state index is 10.7. The molecule has 0 aromatic heterocycles. The van der Waals surface area contributed by atoms with E-state index in [1.807, 2.05) is 60.7 Å². The monoisotopic (exact) mass is 473 g/mol. The highest BCUT2D eigenvalue weighted by Crippen LogP contribution is 2.32. The van der Waals surface area contributed by atoms with E-state index in [4.69, 9.17) is 33.0 Å². The smallest absolute Gasteiger partial charge is 0.341 e. The first-order chi connectivity index (χ1) is 15.0. The molecule has 7 heteroatoms. The van der Waals surface area contributed by atoms with Crippen molar-refractivity contribution >= 4 is 52.2 Å². The number of halogens is 2. The second kappa shape index (κ2) is 11.1. The molecule has 4 nitrogen and oxygen atoms in total. The number of rotatable bonds is 9. The van der Waals surface area contributed by atoms with Gasteiger partial charge in [-0.15, -0.1) is 11.8 Å². The molecule has 0 fully saturated rings. The lowest BCUT2D eigenvalue weighted by Crippen LogP contribution is -2.10. The minimum absolute atomic E-state index is 0.380. The van der Waals surface area contributed by atoms with Gasteiger partial charge < -0.3 is 15.2 Å². The van der Waals surface area contributed by atoms with Gasteiger partial charge in [0.15, 0.2) is 6.61 Å². The van der Waals surface area contributed by atoms with E-state index in [1.165, 1.54) is 0 Å². The Morgan fingerprint density at radius 1 is 1.00 bits per heavy atom. The Kier molecular flexibility index (Phi) is 8.29. The number of hydrogen-bond acceptors (Lipinski definition) is 4. The molecule has 0 atom stereocenters. The van der Waals surface area contributed by atoms with Crippen molar-refractivity contribution in [2.75, 3.05) is 24.7 Å². The highest BCUT2D eigenvalue weighted by Gasteiger charge is 2.08. The molecule has 0 amide bonds. The lowest BCUT2D eigenvalue weighted by atomic mass is 9.98. The molecule has 0 heterocycles. The van der Waals surface area contributed by atoms with Crippen molar-refractivity contribution in [1.82, 2.24) is 0 Å². The molecule has 0 saturated carbocycles. The molecular formula is C24H21Cl2NO3S. The summed E-state index contributed by atoms with van der Waals surface area (Å²) in [5, 5.41) is 13.2. The van der Waals surface area contributed by atoms with Gasteiger partial charge in [0.2, 0.25) is 0 Å². The SMILES string of the molecule is CNc1cc(SCC=C(c2ccc(Cl)cc2)c2ccc(Cl)cc2)ccc1OCC(=O)O. The first-order valence-electron chi connectivity index (χ1n) is 9.47. The molecular weight excluding hydrogens is 453 g/mol. The van der Waals surface area contributed by atoms with E-state index >= 15 is 0 Å². The number of thioether (sulfide) groups is 1. The van der Waals surface area contributed by atoms with Gasteiger partial charge in [-0.05, 0) is 59.2 Å². The van der Waals surface area contributed by atoms with E-state index in [2.05, 4.69) is 11.4 Å². The van der Waals surface area contributed by atoms with Gasteiger partial charge in [-0.25, -0.2) is 4.79 Å². The molecule has 0 spiro atoms. The number of anilines is 1. The zero-order valence-corrected chi connectivity index (χ0v) is 19.1. The number of hydrogen-bond donors (Lipinski definition) is 2. The second-order valence-electron chi connectivity index (χ2n) is 6.53. The van der Waals surface area contributed by atoms with Crippen LogP contribution in [-0.4, -0.2) is 30.5 Å². The largest absolute Gasteiger partial charge is 0.480 e. The van der Waals surface area contributed by atoms with E-state index < -0.39 is 5.97 Å². The molecule has 0 aliphatic rings. The summed E-state index contributed by atoms with van der Waals surface area (Å²) in [5.41, 5.74) is 3.98. The average molecular weight is 474 g/mol. The Morgan fingerprint density at radius 2 is 1.58 bits per heavy atom. The molecule has 0 bridgehead atoms. The fourth-order valence-corrected chi connectivity index (χ4v) is 4.00. The summed E-state index contributed by atoms with van der Waals surface area (Å²) in [6.07, 6.45) is 2.17. The molecule has 0 saturated heterocycles. The van der Waals surface area contributed by atoms with Crippen LogP contribution < -0.4 is 10.1 Å². The zero-order chi connectivity index (χ0) is 22.2. The van der Waals surface area contributed by atoms with Gasteiger partial charge in [0, 0.05) is 27.7 Å². The number of aliphatic carboxylic acids is 1. The topological polar surface area (TPSA) is 58.6 Å². The fourth-order valence-electron chi connectivity index (χ4n) is 2.94. The molecule has 0 aliphatic heterocycles. The van der Waals surface area contributed by atoms with Gasteiger partial charge in [0.25, 0.3) is 0 Å². The summed E-state index contributed by atoms with van der Waals surface area (Å²) in [6, 6.07) is 21.2. The maximum absolute atomic E-state index is 10.7. The molecule has 0 aliphatic carbocycles. The van der Waals surface area contributed by atoms with Gasteiger partial charge in [0.05, 0.1) is 5.69 Å². The van der Waals surface area contributed by atoms with Crippen molar-refractivity contribution in [2.24, 2.45) is 0 Å². The molecule has 3 rings (SSSR count). The lowest BCUT2D eigenvalue weighted by molar-refractivity contribution is -0.139. The average Bonchev–Trinajstić information content (AvgIpc) is 2.77. The summed E-state index contributed by atoms with van der Waals surface area (Å²) in [6.45, 7) is -0.380. The number of nitrogens with one attached hydrogen (secondary N) is 1. The van der Waals surface area contributed by atoms with Crippen LogP contribution in [0, 0.1) is 0 Å². The van der Waals surface area contributed by atoms with Gasteiger partial charge in [0.1, 0.15) is 5.75 Å². The van der Waals surface area contributed by atoms with Crippen LogP contribution in [0.1, 0.15) is 11.1 Å². The van der Waals surface area contributed by atoms with E-state index in [1.54, 1.807) is 24.9 Å². The number of ether oxygens (including phenoxy) is 1. The lowest BCUT2D eigenvalue weighted by Gasteiger charge is -2.12. The van der Waals surface area contributed by atoms with Crippen LogP contribution in [0.15, 0.2) is 77.7 Å². The summed E-state index contributed by atoms with van der Waals surface area (Å²) < 4.78 is 5.32. The Hall–Kier alpha value is -2.60. The highest BCUT2D eigenvalue weighted by atomic mass is 35.5. The van der Waals surface area contributed by atoms with Crippen molar-refractivity contribution in [3.63, 3.8) is 0 Å². The van der Waals surface area contributed by atoms with Crippen LogP contribution in [-0.2, 0) is 4.79 Å². The second-order valence-corrected chi connectivity index (χ2v) is 8.50. The molecule has 0 radical (unpaired) electrons. The third-order valence-electron chi connectivity index (χ3n) is 4.42. The first kappa shape index (κ1) is 23.1. The van der Waals surface area contributed by atoms with Crippen molar-refractivity contribution in [3.8, 4) is 5.75 Å². The van der Waals surface area contributed by atoms with Gasteiger partial charge in [-0.1, -0.05) is 53.5 Å². The summed E-state index contributed by atoms with van der Waals surface area (Å²) in [7, 11) is 1.77. The van der Waals surface area contributed by atoms with Crippen LogP contribution >= 0.6 is 35.0 Å². The predicted octanol–water partition coefficient (Wildman–Crippen LogP) is 6.72. The Morgan fingerprint density at radius 3 is 2.10 bits per heavy atom. The van der Waals surface area contributed by atoms with Crippen molar-refractivity contribution < 1.29 is 14.6 Å². The summed E-state index contributed by atoms with van der Waals surface area (Å²) in [5.74, 6) is 0.231. The molecule has 2 N–H and O–H groups in total. The van der Waals surface area contributed by atoms with Crippen LogP contribution in [0.25, 0.3) is 5.57 Å². The van der Waals surface area contributed by atoms with Gasteiger partial charge in [-0.3, -0.25) is 0 Å². The Bertz CT molecular complexity index is 1020. The van der Waals surface area contributed by atoms with Crippen molar-refractivity contribution in [1.29, 1.82) is 0 Å². The highest BCUT2D eigenvalue weighted by molar-refractivity contribution is 7.99. The van der Waals surface area contributed by atoms with E-state index in [0.29, 0.717) is 15.8 Å². The fraction of sp³-hybridized carbons (Fsp3) is 0.125. The molecule has 31 heavy (non-hydrogen) atoms. The van der Waals surface area contributed by atoms with Crippen molar-refractivity contribution in [2.45, 2.75) is 4.90 Å². The third kappa shape index (κ3) is 6.69. The minimum Gasteiger partial charge on any atom is -0.480 e. The number of benzene rings is 3. The summed E-state index contributed by atoms with van der Waals surface area (Å²) >= 11 is 13.8. The molecule has 160 valence electrons. The van der Waals surface area contributed by atoms with Crippen LogP contribution in [0.3, 0.4) is 0 Å². The number of carboxylic acid groups (broad SMARTS) is 1. The van der Waals surface area contributed by atoms with Gasteiger partial charge >= 0.3 is 5.97 Å². The third-order valence-corrected chi connectivity index (χ3v) is 5.84. The number of carboxylic acids is 1. The Balaban J connectivity index is 1.80. The molecule has 3 aromatic carbocycles. The quantitative estimate of drug-likeness (QED) is 0.337. The van der Waals surface area contributed by atoms with Crippen molar-refractivity contribution in [3.05, 3.63) is 94.0 Å². The molecule has 3 aromatic rings. The Labute approximate surface area is 195 Å². The summed E-state index contributed by atoms with van der Waals surface area (Å²) in [4.78, 5) is 11.8. The minimum atomic E-state index is -1.01. The maximum Gasteiger partial charge on any atom is 0.341 e. The van der Waals surface area contributed by atoms with Crippen LogP contribution in [0.4, 0.5) is 5.69 Å². The normalized spacial score (nSPS) is 10.4.